The summed E-state index contributed by atoms with van der Waals surface area (Å²) >= 11 is -1.39. The van der Waals surface area contributed by atoms with Crippen LogP contribution in [0.5, 0.6) is 5.75 Å². The Morgan fingerprint density at radius 1 is 0.788 bits per heavy atom. The van der Waals surface area contributed by atoms with Crippen LogP contribution in [-0.2, 0) is 16.9 Å². The Hall–Kier alpha value is -2.27. The Morgan fingerprint density at radius 2 is 1.39 bits per heavy atom. The fraction of sp³-hybridized carbons (Fsp3) is 0.250. The molecule has 3 aromatic rings. The van der Waals surface area contributed by atoms with Gasteiger partial charge in [0.1, 0.15) is 5.75 Å². The van der Waals surface area contributed by atoms with Crippen LogP contribution in [0.15, 0.2) is 72.8 Å². The molecule has 9 heteroatoms. The Bertz CT molecular complexity index is 1050. The van der Waals surface area contributed by atoms with E-state index in [0.717, 1.165) is 6.07 Å². The minimum Gasteiger partial charge on any atom is -0.497 e. The van der Waals surface area contributed by atoms with Crippen molar-refractivity contribution in [3.05, 3.63) is 96.6 Å². The smallest absolute Gasteiger partial charge is 0.431 e. The Kier molecular flexibility index (Phi) is 7.62. The number of aryl methyl sites for hydroxylation is 1. The van der Waals surface area contributed by atoms with Gasteiger partial charge < -0.3 is 9.47 Å². The van der Waals surface area contributed by atoms with Crippen LogP contribution in [0.3, 0.4) is 0 Å². The van der Waals surface area contributed by atoms with Crippen molar-refractivity contribution in [3.8, 4) is 5.75 Å². The highest BCUT2D eigenvalue weighted by Gasteiger charge is 2.75. The molecule has 0 amide bonds. The van der Waals surface area contributed by atoms with Gasteiger partial charge in [-0.15, -0.1) is 0 Å². The molecule has 0 aromatic heterocycles. The molecule has 0 heterocycles. The summed E-state index contributed by atoms with van der Waals surface area (Å²) in [5.41, 5.74) is -4.91. The van der Waals surface area contributed by atoms with E-state index in [1.165, 1.54) is 50.4 Å². The molecule has 176 valence electrons. The summed E-state index contributed by atoms with van der Waals surface area (Å²) in [6.07, 6.45) is -11.5. The second kappa shape index (κ2) is 9.92. The first-order valence-corrected chi connectivity index (χ1v) is 11.8. The Morgan fingerprint density at radius 3 is 1.94 bits per heavy atom. The van der Waals surface area contributed by atoms with E-state index in [-0.39, 0.29) is 14.7 Å². The highest BCUT2D eigenvalue weighted by molar-refractivity contribution is 5.31. The lowest BCUT2D eigenvalue weighted by atomic mass is 9.90. The lowest BCUT2D eigenvalue weighted by Crippen LogP contribution is -3.61. The van der Waals surface area contributed by atoms with Crippen molar-refractivity contribution in [2.24, 2.45) is 0 Å². The SMILES string of the molecule is COc1ccc([I+]c2ccc(C)cc2C(OCc2ccccc2)(C(F)(F)F)C(F)(F)F)cc1. The van der Waals surface area contributed by atoms with Gasteiger partial charge in [-0.3, -0.25) is 0 Å². The number of methoxy groups -OCH3 is 1. The fourth-order valence-electron chi connectivity index (χ4n) is 3.22. The maximum Gasteiger partial charge on any atom is 0.431 e. The Labute approximate surface area is 197 Å². The summed E-state index contributed by atoms with van der Waals surface area (Å²) in [5.74, 6) is 0.540. The standard InChI is InChI=1S/C24H20F6IO2/c1-16-8-13-21(31-18-9-11-19(32-2)12-10-18)20(14-16)22(23(25,26)27,24(28,29)30)33-15-17-6-4-3-5-7-17/h3-14H,15H2,1-2H3/q+1. The predicted octanol–water partition coefficient (Wildman–Crippen LogP) is 3.67. The molecule has 33 heavy (non-hydrogen) atoms. The number of hydrogen-bond acceptors (Lipinski definition) is 2. The van der Waals surface area contributed by atoms with Gasteiger partial charge in [-0.05, 0) is 48.9 Å². The molecule has 2 nitrogen and oxygen atoms in total. The Balaban J connectivity index is 2.15. The van der Waals surface area contributed by atoms with Gasteiger partial charge in [-0.2, -0.15) is 26.3 Å². The molecule has 0 unspecified atom stereocenters. The lowest BCUT2D eigenvalue weighted by Gasteiger charge is -2.37. The van der Waals surface area contributed by atoms with Crippen molar-refractivity contribution in [3.63, 3.8) is 0 Å². The van der Waals surface area contributed by atoms with Crippen LogP contribution in [-0.4, -0.2) is 19.5 Å². The van der Waals surface area contributed by atoms with E-state index in [4.69, 9.17) is 9.47 Å². The number of ether oxygens (including phenoxy) is 2. The number of hydrogen-bond donors (Lipinski definition) is 0. The largest absolute Gasteiger partial charge is 0.497 e. The van der Waals surface area contributed by atoms with Crippen LogP contribution in [0.1, 0.15) is 16.7 Å². The van der Waals surface area contributed by atoms with Crippen molar-refractivity contribution in [1.29, 1.82) is 0 Å². The van der Waals surface area contributed by atoms with Gasteiger partial charge in [0.25, 0.3) is 5.60 Å². The van der Waals surface area contributed by atoms with Gasteiger partial charge >= 0.3 is 33.6 Å². The van der Waals surface area contributed by atoms with Crippen LogP contribution in [0.25, 0.3) is 0 Å². The first-order valence-electron chi connectivity index (χ1n) is 9.69. The molecule has 0 radical (unpaired) electrons. The zero-order valence-corrected chi connectivity index (χ0v) is 19.8. The third-order valence-corrected chi connectivity index (χ3v) is 7.72. The van der Waals surface area contributed by atoms with Crippen LogP contribution in [0.2, 0.25) is 0 Å². The van der Waals surface area contributed by atoms with Gasteiger partial charge in [0.15, 0.2) is 3.57 Å². The lowest BCUT2D eigenvalue weighted by molar-refractivity contribution is -0.600. The summed E-state index contributed by atoms with van der Waals surface area (Å²) in [6.45, 7) is 0.599. The van der Waals surface area contributed by atoms with Gasteiger partial charge in [-0.1, -0.05) is 42.0 Å². The van der Waals surface area contributed by atoms with Crippen LogP contribution in [0, 0.1) is 14.1 Å². The van der Waals surface area contributed by atoms with Crippen molar-refractivity contribution >= 4 is 0 Å². The molecule has 0 N–H and O–H groups in total. The number of alkyl halides is 6. The van der Waals surface area contributed by atoms with Crippen molar-refractivity contribution in [2.45, 2.75) is 31.5 Å². The van der Waals surface area contributed by atoms with Gasteiger partial charge in [-0.25, -0.2) is 0 Å². The quantitative estimate of drug-likeness (QED) is 0.314. The third kappa shape index (κ3) is 5.46. The minimum absolute atomic E-state index is 0.0210. The first-order chi connectivity index (χ1) is 15.5. The van der Waals surface area contributed by atoms with Gasteiger partial charge in [0.2, 0.25) is 3.57 Å². The van der Waals surface area contributed by atoms with Crippen LogP contribution in [0.4, 0.5) is 26.3 Å². The third-order valence-electron chi connectivity index (χ3n) is 4.86. The molecule has 0 spiro atoms. The normalized spacial score (nSPS) is 12.6. The maximum absolute atomic E-state index is 14.4. The number of benzene rings is 3. The number of rotatable bonds is 7. The molecule has 3 aromatic carbocycles. The molecule has 0 bridgehead atoms. The second-order valence-corrected chi connectivity index (χ2v) is 10.1. The van der Waals surface area contributed by atoms with E-state index >= 15 is 0 Å². The molecular weight excluding hydrogens is 561 g/mol. The minimum atomic E-state index is -5.74. The highest BCUT2D eigenvalue weighted by Crippen LogP contribution is 2.53. The first kappa shape index (κ1) is 25.4. The van der Waals surface area contributed by atoms with Crippen molar-refractivity contribution in [1.82, 2.24) is 0 Å². The van der Waals surface area contributed by atoms with Crippen LogP contribution >= 0.6 is 0 Å². The summed E-state index contributed by atoms with van der Waals surface area (Å²) in [7, 11) is 1.47. The van der Waals surface area contributed by atoms with E-state index in [9.17, 15) is 26.3 Å². The van der Waals surface area contributed by atoms with Gasteiger partial charge in [0.05, 0.1) is 19.3 Å². The molecule has 0 aliphatic heterocycles. The van der Waals surface area contributed by atoms with E-state index in [1.807, 2.05) is 0 Å². The molecular formula is C24H20F6IO2+. The summed E-state index contributed by atoms with van der Waals surface area (Å²) in [4.78, 5) is 0. The van der Waals surface area contributed by atoms with Crippen LogP contribution < -0.4 is 25.9 Å². The summed E-state index contributed by atoms with van der Waals surface area (Å²) in [5, 5.41) is 0. The maximum atomic E-state index is 14.4. The van der Waals surface area contributed by atoms with E-state index in [2.05, 4.69) is 0 Å². The molecule has 0 saturated heterocycles. The summed E-state index contributed by atoms with van der Waals surface area (Å²) < 4.78 is 96.7. The molecule has 0 fully saturated rings. The fourth-order valence-corrected chi connectivity index (χ4v) is 5.79. The average Bonchev–Trinajstić information content (AvgIpc) is 2.75. The zero-order valence-electron chi connectivity index (χ0n) is 17.6. The zero-order chi connectivity index (χ0) is 24.3. The molecule has 0 saturated carbocycles. The van der Waals surface area contributed by atoms with Crippen molar-refractivity contribution in [2.75, 3.05) is 7.11 Å². The topological polar surface area (TPSA) is 18.5 Å². The van der Waals surface area contributed by atoms with E-state index < -0.39 is 51.3 Å². The second-order valence-electron chi connectivity index (χ2n) is 7.19. The molecule has 0 aliphatic rings. The monoisotopic (exact) mass is 581 g/mol. The molecule has 3 rings (SSSR count). The predicted molar refractivity (Wildman–Crippen MR) is 107 cm³/mol. The van der Waals surface area contributed by atoms with E-state index in [0.29, 0.717) is 9.32 Å². The van der Waals surface area contributed by atoms with Crippen molar-refractivity contribution < 1.29 is 57.0 Å². The van der Waals surface area contributed by atoms with Gasteiger partial charge in [0, 0.05) is 0 Å². The summed E-state index contributed by atoms with van der Waals surface area (Å²) in [6, 6.07) is 17.8. The number of halogens is 7. The molecule has 0 aliphatic carbocycles. The average molecular weight is 581 g/mol. The molecule has 0 atom stereocenters. The van der Waals surface area contributed by atoms with E-state index in [1.54, 1.807) is 30.3 Å². The highest BCUT2D eigenvalue weighted by atomic mass is 127.